The Labute approximate surface area is 202 Å². The Bertz CT molecular complexity index is 1460. The highest BCUT2D eigenvalue weighted by Crippen LogP contribution is 2.47. The van der Waals surface area contributed by atoms with E-state index in [0.29, 0.717) is 29.3 Å². The van der Waals surface area contributed by atoms with Crippen LogP contribution in [-0.4, -0.2) is 36.6 Å². The van der Waals surface area contributed by atoms with Crippen molar-refractivity contribution < 1.29 is 9.32 Å². The fourth-order valence-corrected chi connectivity index (χ4v) is 4.32. The van der Waals surface area contributed by atoms with E-state index in [0.717, 1.165) is 28.4 Å². The Morgan fingerprint density at radius 3 is 2.83 bits per heavy atom. The van der Waals surface area contributed by atoms with Crippen molar-refractivity contribution in [1.29, 1.82) is 0 Å². The summed E-state index contributed by atoms with van der Waals surface area (Å²) in [7, 11) is 0. The van der Waals surface area contributed by atoms with Crippen LogP contribution in [0.1, 0.15) is 72.4 Å². The van der Waals surface area contributed by atoms with Crippen LogP contribution in [0.4, 0.5) is 5.69 Å². The number of ketones is 1. The number of carbonyl (C=O) groups excluding carboxylic acids is 1. The summed E-state index contributed by atoms with van der Waals surface area (Å²) in [6.07, 6.45) is 8.08. The second-order valence-corrected chi connectivity index (χ2v) is 9.63. The highest BCUT2D eigenvalue weighted by atomic mass is 16.5. The van der Waals surface area contributed by atoms with E-state index in [9.17, 15) is 4.79 Å². The topological polar surface area (TPSA) is 107 Å². The minimum absolute atomic E-state index is 0.0843. The van der Waals surface area contributed by atoms with Crippen molar-refractivity contribution in [1.82, 2.24) is 25.1 Å². The molecule has 2 aliphatic rings. The van der Waals surface area contributed by atoms with E-state index < -0.39 is 0 Å². The third kappa shape index (κ3) is 4.16. The molecular weight excluding hydrogens is 440 g/mol. The molecule has 0 saturated heterocycles. The molecule has 1 fully saturated rings. The molecule has 8 heteroatoms. The van der Waals surface area contributed by atoms with Crippen LogP contribution in [0.5, 0.6) is 0 Å². The van der Waals surface area contributed by atoms with Gasteiger partial charge in [-0.3, -0.25) is 14.8 Å². The molecule has 1 aliphatic heterocycles. The van der Waals surface area contributed by atoms with E-state index in [1.807, 2.05) is 25.1 Å². The van der Waals surface area contributed by atoms with Gasteiger partial charge in [-0.25, -0.2) is 15.0 Å². The van der Waals surface area contributed by atoms with Crippen molar-refractivity contribution in [3.63, 3.8) is 0 Å². The van der Waals surface area contributed by atoms with Gasteiger partial charge in [-0.05, 0) is 43.2 Å². The minimum atomic E-state index is -0.163. The van der Waals surface area contributed by atoms with Crippen LogP contribution in [0, 0.1) is 0 Å². The van der Waals surface area contributed by atoms with Gasteiger partial charge in [0.25, 0.3) is 0 Å². The lowest BCUT2D eigenvalue weighted by Crippen LogP contribution is -2.08. The van der Waals surface area contributed by atoms with Crippen molar-refractivity contribution in [3.05, 3.63) is 83.7 Å². The van der Waals surface area contributed by atoms with Crippen LogP contribution >= 0.6 is 0 Å². The lowest BCUT2D eigenvalue weighted by Gasteiger charge is -2.08. The molecule has 0 radical (unpaired) electrons. The second-order valence-electron chi connectivity index (χ2n) is 9.63. The first-order valence-corrected chi connectivity index (χ1v) is 11.8. The Kier molecular flexibility index (Phi) is 5.09. The first kappa shape index (κ1) is 21.5. The second kappa shape index (κ2) is 8.30. The molecule has 1 atom stereocenters. The summed E-state index contributed by atoms with van der Waals surface area (Å²) < 4.78 is 5.61. The molecule has 0 amide bonds. The number of aliphatic imine (C=N–C) groups is 1. The molecular formula is C27H24N6O2. The first-order chi connectivity index (χ1) is 17.0. The third-order valence-corrected chi connectivity index (χ3v) is 6.87. The van der Waals surface area contributed by atoms with Crippen molar-refractivity contribution in [3.8, 4) is 11.3 Å². The van der Waals surface area contributed by atoms with E-state index in [-0.39, 0.29) is 23.5 Å². The summed E-state index contributed by atoms with van der Waals surface area (Å²) in [4.78, 5) is 35.1. The number of carbonyl (C=O) groups is 1. The summed E-state index contributed by atoms with van der Waals surface area (Å²) in [5.41, 5.74) is 6.67. The van der Waals surface area contributed by atoms with Gasteiger partial charge < -0.3 is 4.52 Å². The van der Waals surface area contributed by atoms with E-state index in [1.54, 1.807) is 18.5 Å². The summed E-state index contributed by atoms with van der Waals surface area (Å²) in [5.74, 6) is 0.399. The van der Waals surface area contributed by atoms with Crippen LogP contribution in [-0.2, 0) is 11.8 Å². The Hall–Kier alpha value is -4.07. The Balaban J connectivity index is 1.14. The number of rotatable bonds is 7. The van der Waals surface area contributed by atoms with Gasteiger partial charge in [0.05, 0.1) is 22.8 Å². The normalized spacial score (nSPS) is 16.5. The fraction of sp³-hybridized carbons (Fsp3) is 0.296. The molecule has 1 saturated carbocycles. The molecule has 4 aromatic heterocycles. The van der Waals surface area contributed by atoms with Crippen molar-refractivity contribution >= 4 is 17.2 Å². The Morgan fingerprint density at radius 2 is 2.03 bits per heavy atom. The number of fused-ring (bicyclic) bond motifs is 1. The van der Waals surface area contributed by atoms with Crippen LogP contribution in [0.2, 0.25) is 0 Å². The smallest absolute Gasteiger partial charge is 0.182 e. The van der Waals surface area contributed by atoms with Crippen LogP contribution in [0.25, 0.3) is 11.3 Å². The quantitative estimate of drug-likeness (QED) is 0.353. The standard InChI is InChI=1S/C27H24N6O2/c1-16(10-24(34)23-11-19(29-15-30-23)17-4-3-9-28-14-17)25-13-22(33-35-25)21-12-20-18(31-21)5-6-26(32-20)27(2)7-8-27/h3-6,9,11,13-16H,7-8,10,12H2,1-2H3/t16-/m0/s1. The maximum Gasteiger partial charge on any atom is 0.182 e. The molecule has 0 N–H and O–H groups in total. The molecule has 0 aromatic carbocycles. The zero-order chi connectivity index (χ0) is 24.0. The lowest BCUT2D eigenvalue weighted by molar-refractivity contribution is 0.0966. The van der Waals surface area contributed by atoms with Gasteiger partial charge in [-0.15, -0.1) is 0 Å². The molecule has 4 aromatic rings. The zero-order valence-electron chi connectivity index (χ0n) is 19.6. The number of hydrogen-bond donors (Lipinski definition) is 0. The molecule has 6 rings (SSSR count). The number of hydrogen-bond acceptors (Lipinski definition) is 8. The highest BCUT2D eigenvalue weighted by Gasteiger charge is 2.41. The molecule has 0 spiro atoms. The molecule has 35 heavy (non-hydrogen) atoms. The molecule has 1 aliphatic carbocycles. The Morgan fingerprint density at radius 1 is 1.14 bits per heavy atom. The van der Waals surface area contributed by atoms with Gasteiger partial charge in [-0.1, -0.05) is 19.0 Å². The van der Waals surface area contributed by atoms with Crippen LogP contribution in [0.3, 0.4) is 0 Å². The first-order valence-electron chi connectivity index (χ1n) is 11.8. The van der Waals surface area contributed by atoms with Crippen molar-refractivity contribution in [2.24, 2.45) is 4.99 Å². The van der Waals surface area contributed by atoms with E-state index in [2.05, 4.69) is 39.2 Å². The maximum absolute atomic E-state index is 12.9. The van der Waals surface area contributed by atoms with E-state index in [4.69, 9.17) is 14.5 Å². The number of nitrogens with zero attached hydrogens (tertiary/aromatic N) is 6. The minimum Gasteiger partial charge on any atom is -0.360 e. The van der Waals surface area contributed by atoms with Gasteiger partial charge in [-0.2, -0.15) is 0 Å². The van der Waals surface area contributed by atoms with E-state index >= 15 is 0 Å². The third-order valence-electron chi connectivity index (χ3n) is 6.87. The van der Waals surface area contributed by atoms with Gasteiger partial charge in [0.2, 0.25) is 0 Å². The molecule has 5 heterocycles. The molecule has 174 valence electrons. The van der Waals surface area contributed by atoms with Gasteiger partial charge in [0.15, 0.2) is 5.78 Å². The van der Waals surface area contributed by atoms with Gasteiger partial charge in [0, 0.05) is 53.9 Å². The SMILES string of the molecule is C[C@@H](CC(=O)c1cc(-c2cccnc2)ncn1)c1cc(C2=Nc3ccc(C4(C)CC4)nc3C2)no1. The summed E-state index contributed by atoms with van der Waals surface area (Å²) >= 11 is 0. The van der Waals surface area contributed by atoms with Crippen LogP contribution < -0.4 is 0 Å². The largest absolute Gasteiger partial charge is 0.360 e. The maximum atomic E-state index is 12.9. The molecule has 0 unspecified atom stereocenters. The van der Waals surface area contributed by atoms with E-state index in [1.165, 1.54) is 19.2 Å². The highest BCUT2D eigenvalue weighted by molar-refractivity contribution is 6.04. The predicted molar refractivity (Wildman–Crippen MR) is 130 cm³/mol. The predicted octanol–water partition coefficient (Wildman–Crippen LogP) is 5.03. The summed E-state index contributed by atoms with van der Waals surface area (Å²) in [6, 6.07) is 11.5. The fourth-order valence-electron chi connectivity index (χ4n) is 4.32. The van der Waals surface area contributed by atoms with Gasteiger partial charge >= 0.3 is 0 Å². The number of aromatic nitrogens is 5. The average Bonchev–Trinajstić information content (AvgIpc) is 3.28. The number of Topliss-reactive ketones (excluding diaryl/α,β-unsaturated/α-hetero) is 1. The monoisotopic (exact) mass is 464 g/mol. The molecule has 0 bridgehead atoms. The average molecular weight is 465 g/mol. The zero-order valence-corrected chi connectivity index (χ0v) is 19.6. The summed E-state index contributed by atoms with van der Waals surface area (Å²) in [5, 5.41) is 4.24. The van der Waals surface area contributed by atoms with Crippen LogP contribution in [0.15, 0.2) is 64.6 Å². The molecule has 8 nitrogen and oxygen atoms in total. The van der Waals surface area contributed by atoms with Gasteiger partial charge in [0.1, 0.15) is 23.5 Å². The number of pyridine rings is 2. The van der Waals surface area contributed by atoms with Crippen molar-refractivity contribution in [2.75, 3.05) is 0 Å². The van der Waals surface area contributed by atoms with Crippen molar-refractivity contribution in [2.45, 2.75) is 50.9 Å². The lowest BCUT2D eigenvalue weighted by atomic mass is 9.99. The summed E-state index contributed by atoms with van der Waals surface area (Å²) in [6.45, 7) is 4.20.